The molecular formula is C18H22BrN3O3S2. The number of rotatable bonds is 6. The summed E-state index contributed by atoms with van der Waals surface area (Å²) in [5.41, 5.74) is 1.05. The van der Waals surface area contributed by atoms with Crippen molar-refractivity contribution in [3.05, 3.63) is 51.8 Å². The Bertz CT molecular complexity index is 878. The van der Waals surface area contributed by atoms with Crippen LogP contribution in [0.5, 0.6) is 0 Å². The Balaban J connectivity index is 1.53. The van der Waals surface area contributed by atoms with E-state index in [4.69, 9.17) is 0 Å². The molecule has 6 nitrogen and oxygen atoms in total. The first-order valence-electron chi connectivity index (χ1n) is 8.69. The smallest absolute Gasteiger partial charge is 0.252 e. The highest BCUT2D eigenvalue weighted by molar-refractivity contribution is 9.11. The van der Waals surface area contributed by atoms with Gasteiger partial charge in [-0.05, 0) is 40.5 Å². The maximum Gasteiger partial charge on any atom is 0.252 e. The predicted octanol–water partition coefficient (Wildman–Crippen LogP) is 2.52. The van der Waals surface area contributed by atoms with Crippen molar-refractivity contribution in [1.82, 2.24) is 14.5 Å². The van der Waals surface area contributed by atoms with E-state index in [1.54, 1.807) is 12.1 Å². The van der Waals surface area contributed by atoms with E-state index in [0.717, 1.165) is 9.35 Å². The highest BCUT2D eigenvalue weighted by atomic mass is 79.9. The van der Waals surface area contributed by atoms with Crippen LogP contribution >= 0.6 is 27.3 Å². The number of sulfonamides is 1. The van der Waals surface area contributed by atoms with Gasteiger partial charge >= 0.3 is 0 Å². The Labute approximate surface area is 172 Å². The molecule has 3 rings (SSSR count). The number of benzene rings is 1. The van der Waals surface area contributed by atoms with Crippen LogP contribution in [-0.2, 0) is 21.4 Å². The predicted molar refractivity (Wildman–Crippen MR) is 110 cm³/mol. The Kier molecular flexibility index (Phi) is 6.69. The maximum atomic E-state index is 12.7. The zero-order valence-corrected chi connectivity index (χ0v) is 18.2. The monoisotopic (exact) mass is 471 g/mol. The third-order valence-electron chi connectivity index (χ3n) is 4.65. The molecule has 2 aromatic rings. The zero-order chi connectivity index (χ0) is 19.4. The van der Waals surface area contributed by atoms with Gasteiger partial charge in [0.15, 0.2) is 0 Å². The van der Waals surface area contributed by atoms with Crippen LogP contribution in [0.2, 0.25) is 0 Å². The van der Waals surface area contributed by atoms with E-state index in [1.807, 2.05) is 42.2 Å². The summed E-state index contributed by atoms with van der Waals surface area (Å²) >= 11 is 4.52. The molecule has 146 valence electrons. The number of nitrogens with one attached hydrogen (secondary N) is 1. The van der Waals surface area contributed by atoms with Gasteiger partial charge < -0.3 is 5.32 Å². The molecule has 1 atom stereocenters. The van der Waals surface area contributed by atoms with Crippen LogP contribution < -0.4 is 5.32 Å². The van der Waals surface area contributed by atoms with Crippen LogP contribution in [0.25, 0.3) is 0 Å². The van der Waals surface area contributed by atoms with E-state index in [0.29, 0.717) is 36.9 Å². The third-order valence-corrected chi connectivity index (χ3v) is 8.64. The Morgan fingerprint density at radius 2 is 1.81 bits per heavy atom. The van der Waals surface area contributed by atoms with Crippen molar-refractivity contribution < 1.29 is 13.2 Å². The molecule has 1 aliphatic heterocycles. The van der Waals surface area contributed by atoms with E-state index < -0.39 is 10.0 Å². The standard InChI is InChI=1S/C18H22BrN3O3S2/c1-14(18(23)20-13-15-5-3-2-4-6-15)21-9-11-22(12-10-21)27(24,25)17-8-7-16(19)26-17/h2-8,14H,9-13H2,1H3,(H,20,23). The fourth-order valence-corrected chi connectivity index (χ4v) is 6.58. The molecule has 0 spiro atoms. The minimum absolute atomic E-state index is 0.0441. The first kappa shape index (κ1) is 20.5. The van der Waals surface area contributed by atoms with Crippen molar-refractivity contribution in [1.29, 1.82) is 0 Å². The minimum atomic E-state index is -3.46. The number of hydrogen-bond acceptors (Lipinski definition) is 5. The van der Waals surface area contributed by atoms with Crippen molar-refractivity contribution in [3.8, 4) is 0 Å². The number of carbonyl (C=O) groups excluding carboxylic acids is 1. The summed E-state index contributed by atoms with van der Waals surface area (Å²) in [5.74, 6) is -0.0441. The quantitative estimate of drug-likeness (QED) is 0.702. The summed E-state index contributed by atoms with van der Waals surface area (Å²) in [6, 6.07) is 12.8. The van der Waals surface area contributed by atoms with E-state index >= 15 is 0 Å². The minimum Gasteiger partial charge on any atom is -0.351 e. The molecular weight excluding hydrogens is 450 g/mol. The lowest BCUT2D eigenvalue weighted by atomic mass is 10.2. The average molecular weight is 472 g/mol. The number of hydrogen-bond donors (Lipinski definition) is 1. The Morgan fingerprint density at radius 3 is 2.41 bits per heavy atom. The first-order valence-corrected chi connectivity index (χ1v) is 11.7. The molecule has 2 heterocycles. The fourth-order valence-electron chi connectivity index (χ4n) is 2.99. The lowest BCUT2D eigenvalue weighted by Crippen LogP contribution is -2.54. The molecule has 1 aromatic heterocycles. The average Bonchev–Trinajstić information content (AvgIpc) is 3.13. The van der Waals surface area contributed by atoms with Gasteiger partial charge in [-0.1, -0.05) is 30.3 Å². The van der Waals surface area contributed by atoms with Crippen LogP contribution in [0.1, 0.15) is 12.5 Å². The van der Waals surface area contributed by atoms with Crippen LogP contribution in [0.4, 0.5) is 0 Å². The highest BCUT2D eigenvalue weighted by Gasteiger charge is 2.32. The summed E-state index contributed by atoms with van der Waals surface area (Å²) in [7, 11) is -3.46. The zero-order valence-electron chi connectivity index (χ0n) is 15.0. The molecule has 1 saturated heterocycles. The van der Waals surface area contributed by atoms with Gasteiger partial charge in [0.05, 0.1) is 9.83 Å². The summed E-state index contributed by atoms with van der Waals surface area (Å²) in [6.45, 7) is 4.19. The van der Waals surface area contributed by atoms with Crippen molar-refractivity contribution in [2.45, 2.75) is 23.7 Å². The number of piperazine rings is 1. The van der Waals surface area contributed by atoms with Gasteiger partial charge in [-0.15, -0.1) is 11.3 Å². The molecule has 1 aliphatic rings. The van der Waals surface area contributed by atoms with Crippen LogP contribution in [0, 0.1) is 0 Å². The molecule has 1 aromatic carbocycles. The molecule has 1 amide bonds. The number of nitrogens with zero attached hydrogens (tertiary/aromatic N) is 2. The molecule has 9 heteroatoms. The highest BCUT2D eigenvalue weighted by Crippen LogP contribution is 2.29. The van der Waals surface area contributed by atoms with Gasteiger partial charge in [-0.3, -0.25) is 9.69 Å². The molecule has 0 saturated carbocycles. The van der Waals surface area contributed by atoms with Crippen molar-refractivity contribution in [3.63, 3.8) is 0 Å². The molecule has 0 radical (unpaired) electrons. The number of thiophene rings is 1. The second-order valence-corrected chi connectivity index (χ2v) is 11.0. The maximum absolute atomic E-state index is 12.7. The van der Waals surface area contributed by atoms with Gasteiger partial charge in [0.25, 0.3) is 10.0 Å². The lowest BCUT2D eigenvalue weighted by Gasteiger charge is -2.36. The van der Waals surface area contributed by atoms with Gasteiger partial charge in [-0.25, -0.2) is 8.42 Å². The molecule has 1 fully saturated rings. The van der Waals surface area contributed by atoms with Gasteiger partial charge in [0, 0.05) is 32.7 Å². The van der Waals surface area contributed by atoms with Gasteiger partial charge in [0.1, 0.15) is 4.21 Å². The first-order chi connectivity index (χ1) is 12.9. The largest absolute Gasteiger partial charge is 0.351 e. The fraction of sp³-hybridized carbons (Fsp3) is 0.389. The van der Waals surface area contributed by atoms with Crippen LogP contribution in [0.15, 0.2) is 50.5 Å². The van der Waals surface area contributed by atoms with Gasteiger partial charge in [-0.2, -0.15) is 4.31 Å². The Morgan fingerprint density at radius 1 is 1.15 bits per heavy atom. The summed E-state index contributed by atoms with van der Waals surface area (Å²) in [6.07, 6.45) is 0. The molecule has 0 aliphatic carbocycles. The summed E-state index contributed by atoms with van der Waals surface area (Å²) in [4.78, 5) is 14.5. The van der Waals surface area contributed by atoms with E-state index in [9.17, 15) is 13.2 Å². The molecule has 1 N–H and O–H groups in total. The van der Waals surface area contributed by atoms with E-state index in [2.05, 4.69) is 21.2 Å². The summed E-state index contributed by atoms with van der Waals surface area (Å²) in [5, 5.41) is 2.95. The second kappa shape index (κ2) is 8.83. The van der Waals surface area contributed by atoms with Gasteiger partial charge in [0.2, 0.25) is 5.91 Å². The van der Waals surface area contributed by atoms with E-state index in [-0.39, 0.29) is 11.9 Å². The molecule has 1 unspecified atom stereocenters. The van der Waals surface area contributed by atoms with Crippen LogP contribution in [0.3, 0.4) is 0 Å². The molecule has 27 heavy (non-hydrogen) atoms. The van der Waals surface area contributed by atoms with Crippen LogP contribution in [-0.4, -0.2) is 55.8 Å². The Hall–Kier alpha value is -1.26. The van der Waals surface area contributed by atoms with Crippen molar-refractivity contribution in [2.75, 3.05) is 26.2 Å². The molecule has 0 bridgehead atoms. The number of halogens is 1. The van der Waals surface area contributed by atoms with E-state index in [1.165, 1.54) is 15.6 Å². The van der Waals surface area contributed by atoms with Crippen molar-refractivity contribution in [2.24, 2.45) is 0 Å². The third kappa shape index (κ3) is 4.97. The SMILES string of the molecule is CC(C(=O)NCc1ccccc1)N1CCN(S(=O)(=O)c2ccc(Br)s2)CC1. The number of carbonyl (C=O) groups is 1. The second-order valence-electron chi connectivity index (χ2n) is 6.38. The normalized spacial score (nSPS) is 17.6. The summed E-state index contributed by atoms with van der Waals surface area (Å²) < 4.78 is 28.0. The topological polar surface area (TPSA) is 69.7 Å². The van der Waals surface area contributed by atoms with Crippen molar-refractivity contribution >= 4 is 43.2 Å². The lowest BCUT2D eigenvalue weighted by molar-refractivity contribution is -0.126. The number of amides is 1.